The van der Waals surface area contributed by atoms with Gasteiger partial charge in [-0.3, -0.25) is 0 Å². The van der Waals surface area contributed by atoms with Gasteiger partial charge in [0, 0.05) is 11.6 Å². The lowest BCUT2D eigenvalue weighted by molar-refractivity contribution is 0.0701. The number of nitriles is 1. The van der Waals surface area contributed by atoms with Crippen LogP contribution < -0.4 is 24.7 Å². The molecule has 0 aliphatic carbocycles. The molecule has 4 rings (SSSR count). The van der Waals surface area contributed by atoms with Gasteiger partial charge in [0.25, 0.3) is 0 Å². The summed E-state index contributed by atoms with van der Waals surface area (Å²) in [5.74, 6) is 1.32. The van der Waals surface area contributed by atoms with Crippen LogP contribution in [0.25, 0.3) is 0 Å². The van der Waals surface area contributed by atoms with Crippen molar-refractivity contribution in [1.82, 2.24) is 0 Å². The van der Waals surface area contributed by atoms with Gasteiger partial charge >= 0.3 is 5.97 Å². The molecular weight excluding hydrogens is 460 g/mol. The van der Waals surface area contributed by atoms with Crippen LogP contribution >= 0.6 is 0 Å². The molecule has 0 amide bonds. The summed E-state index contributed by atoms with van der Waals surface area (Å²) >= 11 is 0. The zero-order valence-electron chi connectivity index (χ0n) is 20.4. The summed E-state index contributed by atoms with van der Waals surface area (Å²) in [6.45, 7) is 7.22. The van der Waals surface area contributed by atoms with Crippen LogP contribution in [0.1, 0.15) is 54.8 Å². The van der Waals surface area contributed by atoms with E-state index in [1.807, 2.05) is 25.1 Å². The van der Waals surface area contributed by atoms with E-state index >= 15 is 0 Å². The summed E-state index contributed by atoms with van der Waals surface area (Å²) in [5, 5.41) is 9.89. The quantitative estimate of drug-likeness (QED) is 0.308. The maximum Gasteiger partial charge on any atom is 0.379 e. The van der Waals surface area contributed by atoms with Gasteiger partial charge in [-0.2, -0.15) is 5.26 Å². The van der Waals surface area contributed by atoms with E-state index in [4.69, 9.17) is 29.1 Å². The average molecular weight is 489 g/mol. The van der Waals surface area contributed by atoms with Gasteiger partial charge in [-0.05, 0) is 55.2 Å². The number of allylic oxidation sites excluding steroid dienone is 1. The third kappa shape index (κ3) is 5.31. The summed E-state index contributed by atoms with van der Waals surface area (Å²) in [5.41, 5.74) is 7.91. The van der Waals surface area contributed by atoms with Crippen LogP contribution in [-0.4, -0.2) is 19.2 Å². The normalized spacial score (nSPS) is 14.6. The van der Waals surface area contributed by atoms with Crippen LogP contribution in [0.2, 0.25) is 0 Å². The van der Waals surface area contributed by atoms with Gasteiger partial charge < -0.3 is 29.1 Å². The fraction of sp³-hybridized carbons (Fsp3) is 0.286. The molecule has 186 valence electrons. The number of nitrogens with zero attached hydrogens (tertiary/aromatic N) is 1. The molecule has 0 spiro atoms. The van der Waals surface area contributed by atoms with Crippen molar-refractivity contribution >= 4 is 5.97 Å². The molecule has 36 heavy (non-hydrogen) atoms. The fourth-order valence-corrected chi connectivity index (χ4v) is 3.89. The Bertz CT molecular complexity index is 1300. The predicted molar refractivity (Wildman–Crippen MR) is 132 cm³/mol. The molecule has 1 aliphatic heterocycles. The number of hydrogen-bond acceptors (Lipinski definition) is 8. The van der Waals surface area contributed by atoms with Crippen molar-refractivity contribution in [2.45, 2.75) is 33.1 Å². The monoisotopic (exact) mass is 488 g/mol. The molecule has 1 atom stereocenters. The molecule has 2 N–H and O–H groups in total. The highest BCUT2D eigenvalue weighted by molar-refractivity contribution is 5.88. The molecule has 8 nitrogen and oxygen atoms in total. The zero-order valence-corrected chi connectivity index (χ0v) is 20.4. The molecule has 3 aromatic rings. The summed E-state index contributed by atoms with van der Waals surface area (Å²) in [7, 11) is 0. The molecule has 0 saturated carbocycles. The third-order valence-corrected chi connectivity index (χ3v) is 5.68. The SMILES string of the molecule is CCOc1cc(C2C(C#N)=C(N)Oc3cc(OC(=O)c4ccco4)ccc32)ccc1OCCC(C)C. The fourth-order valence-electron chi connectivity index (χ4n) is 3.89. The van der Waals surface area contributed by atoms with Crippen LogP contribution in [0.5, 0.6) is 23.0 Å². The zero-order chi connectivity index (χ0) is 25.7. The first-order valence-electron chi connectivity index (χ1n) is 11.8. The van der Waals surface area contributed by atoms with Crippen molar-refractivity contribution in [2.24, 2.45) is 11.7 Å². The van der Waals surface area contributed by atoms with Gasteiger partial charge in [-0.15, -0.1) is 0 Å². The maximum absolute atomic E-state index is 12.3. The summed E-state index contributed by atoms with van der Waals surface area (Å²) in [6.07, 6.45) is 2.31. The molecule has 8 heteroatoms. The number of rotatable bonds is 9. The number of ether oxygens (including phenoxy) is 4. The molecule has 0 bridgehead atoms. The number of carbonyl (C=O) groups is 1. The first kappa shape index (κ1) is 24.7. The van der Waals surface area contributed by atoms with Crippen molar-refractivity contribution in [3.63, 3.8) is 0 Å². The second kappa shape index (κ2) is 10.9. The van der Waals surface area contributed by atoms with E-state index in [0.717, 1.165) is 12.0 Å². The predicted octanol–water partition coefficient (Wildman–Crippen LogP) is 5.54. The van der Waals surface area contributed by atoms with Crippen LogP contribution in [0.3, 0.4) is 0 Å². The highest BCUT2D eigenvalue weighted by Crippen LogP contribution is 2.45. The Balaban J connectivity index is 1.67. The lowest BCUT2D eigenvalue weighted by atomic mass is 9.83. The number of fused-ring (bicyclic) bond motifs is 1. The number of benzene rings is 2. The second-order valence-corrected chi connectivity index (χ2v) is 8.66. The van der Waals surface area contributed by atoms with E-state index in [-0.39, 0.29) is 23.0 Å². The van der Waals surface area contributed by atoms with Gasteiger partial charge in [0.05, 0.1) is 25.4 Å². The molecule has 1 aliphatic rings. The van der Waals surface area contributed by atoms with Crippen molar-refractivity contribution in [3.05, 3.63) is 83.1 Å². The summed E-state index contributed by atoms with van der Waals surface area (Å²) < 4.78 is 28.0. The molecular formula is C28H28N2O6. The Morgan fingerprint density at radius 2 is 1.97 bits per heavy atom. The number of furan rings is 1. The van der Waals surface area contributed by atoms with E-state index < -0.39 is 11.9 Å². The molecule has 0 fully saturated rings. The van der Waals surface area contributed by atoms with E-state index in [9.17, 15) is 10.1 Å². The van der Waals surface area contributed by atoms with E-state index in [1.165, 1.54) is 12.3 Å². The van der Waals surface area contributed by atoms with Gasteiger partial charge in [0.1, 0.15) is 23.1 Å². The molecule has 0 saturated heterocycles. The van der Waals surface area contributed by atoms with Crippen molar-refractivity contribution in [1.29, 1.82) is 5.26 Å². The topological polar surface area (TPSA) is 117 Å². The number of nitrogens with two attached hydrogens (primary N) is 1. The summed E-state index contributed by atoms with van der Waals surface area (Å²) in [4.78, 5) is 12.3. The van der Waals surface area contributed by atoms with Gasteiger partial charge in [0.15, 0.2) is 11.5 Å². The number of hydrogen-bond donors (Lipinski definition) is 1. The van der Waals surface area contributed by atoms with Crippen molar-refractivity contribution in [2.75, 3.05) is 13.2 Å². The molecule has 0 radical (unpaired) electrons. The van der Waals surface area contributed by atoms with Crippen molar-refractivity contribution < 1.29 is 28.2 Å². The van der Waals surface area contributed by atoms with Gasteiger partial charge in [-0.1, -0.05) is 26.0 Å². The van der Waals surface area contributed by atoms with Crippen molar-refractivity contribution in [3.8, 4) is 29.1 Å². The highest BCUT2D eigenvalue weighted by Gasteiger charge is 2.32. The van der Waals surface area contributed by atoms with E-state index in [0.29, 0.717) is 41.9 Å². The van der Waals surface area contributed by atoms with Crippen LogP contribution in [0, 0.1) is 17.2 Å². The maximum atomic E-state index is 12.3. The minimum Gasteiger partial charge on any atom is -0.490 e. The minimum atomic E-state index is -0.636. The molecule has 1 aromatic heterocycles. The Morgan fingerprint density at radius 1 is 1.14 bits per heavy atom. The Labute approximate surface area is 209 Å². The van der Waals surface area contributed by atoms with Crippen LogP contribution in [-0.2, 0) is 0 Å². The second-order valence-electron chi connectivity index (χ2n) is 8.66. The van der Waals surface area contributed by atoms with E-state index in [2.05, 4.69) is 19.9 Å². The number of carbonyl (C=O) groups excluding carboxylic acids is 1. The summed E-state index contributed by atoms with van der Waals surface area (Å²) in [6, 6.07) is 15.9. The van der Waals surface area contributed by atoms with Crippen LogP contribution in [0.15, 0.2) is 70.7 Å². The first-order chi connectivity index (χ1) is 17.4. The lowest BCUT2D eigenvalue weighted by Gasteiger charge is -2.27. The standard InChI is InChI=1S/C28H28N2O6/c1-4-32-25-14-18(7-10-22(25)34-13-11-17(2)3)26-20-9-8-19(35-28(31)23-6-5-12-33-23)15-24(20)36-27(30)21(26)16-29/h5-10,12,14-15,17,26H,4,11,13,30H2,1-3H3. The van der Waals surface area contributed by atoms with E-state index in [1.54, 1.807) is 24.3 Å². The smallest absolute Gasteiger partial charge is 0.379 e. The van der Waals surface area contributed by atoms with Crippen LogP contribution in [0.4, 0.5) is 0 Å². The largest absolute Gasteiger partial charge is 0.490 e. The molecule has 2 aromatic carbocycles. The molecule has 1 unspecified atom stereocenters. The lowest BCUT2D eigenvalue weighted by Crippen LogP contribution is -2.21. The highest BCUT2D eigenvalue weighted by atomic mass is 16.5. The Hall–Kier alpha value is -4.38. The first-order valence-corrected chi connectivity index (χ1v) is 11.8. The minimum absolute atomic E-state index is 0.0141. The number of esters is 1. The van der Waals surface area contributed by atoms with Gasteiger partial charge in [0.2, 0.25) is 11.6 Å². The molecule has 2 heterocycles. The average Bonchev–Trinajstić information content (AvgIpc) is 3.39. The van der Waals surface area contributed by atoms with Gasteiger partial charge in [-0.25, -0.2) is 4.79 Å². The third-order valence-electron chi connectivity index (χ3n) is 5.68. The Kier molecular flexibility index (Phi) is 7.50. The Morgan fingerprint density at radius 3 is 2.67 bits per heavy atom.